The highest BCUT2D eigenvalue weighted by atomic mass is 16.5. The van der Waals surface area contributed by atoms with Gasteiger partial charge in [-0.1, -0.05) is 54.6 Å². The molecule has 0 aliphatic rings. The van der Waals surface area contributed by atoms with E-state index >= 15 is 0 Å². The van der Waals surface area contributed by atoms with Crippen molar-refractivity contribution in [1.29, 1.82) is 0 Å². The molecule has 27 heavy (non-hydrogen) atoms. The van der Waals surface area contributed by atoms with Gasteiger partial charge in [-0.05, 0) is 48.0 Å². The minimum atomic E-state index is -0.508. The van der Waals surface area contributed by atoms with Crippen molar-refractivity contribution in [1.82, 2.24) is 0 Å². The third-order valence-corrected chi connectivity index (χ3v) is 3.57. The van der Waals surface area contributed by atoms with Gasteiger partial charge >= 0.3 is 6.09 Å². The Hall–Kier alpha value is -3.73. The van der Waals surface area contributed by atoms with Gasteiger partial charge in [0.25, 0.3) is 0 Å². The fourth-order valence-electron chi connectivity index (χ4n) is 2.25. The topological polar surface area (TPSA) is 63.0 Å². The molecule has 0 aliphatic carbocycles. The van der Waals surface area contributed by atoms with Crippen molar-refractivity contribution in [2.45, 2.75) is 0 Å². The number of carbonyl (C=O) groups excluding carboxylic acids is 1. The largest absolute Gasteiger partial charge is 0.445 e. The molecule has 3 aromatic rings. The van der Waals surface area contributed by atoms with Crippen LogP contribution in [0.15, 0.2) is 101 Å². The maximum atomic E-state index is 11.8. The predicted octanol–water partition coefficient (Wildman–Crippen LogP) is 6.36. The number of hydrogen-bond acceptors (Lipinski definition) is 4. The normalized spacial score (nSPS) is 11.0. The van der Waals surface area contributed by atoms with Crippen molar-refractivity contribution < 1.29 is 9.53 Å². The molecule has 0 fully saturated rings. The zero-order chi connectivity index (χ0) is 18.7. The van der Waals surface area contributed by atoms with Crippen LogP contribution in [0.1, 0.15) is 5.56 Å². The fraction of sp³-hybridized carbons (Fsp3) is 0.0455. The maximum absolute atomic E-state index is 11.8. The van der Waals surface area contributed by atoms with E-state index in [9.17, 15) is 4.79 Å². The van der Waals surface area contributed by atoms with E-state index in [1.807, 2.05) is 66.7 Å². The van der Waals surface area contributed by atoms with Crippen LogP contribution in [0.25, 0.3) is 6.08 Å². The molecule has 0 heterocycles. The second kappa shape index (κ2) is 9.68. The zero-order valence-corrected chi connectivity index (χ0v) is 14.7. The van der Waals surface area contributed by atoms with E-state index in [2.05, 4.69) is 15.5 Å². The fourth-order valence-corrected chi connectivity index (χ4v) is 2.25. The lowest BCUT2D eigenvalue weighted by Gasteiger charge is -2.05. The van der Waals surface area contributed by atoms with E-state index in [0.717, 1.165) is 11.3 Å². The van der Waals surface area contributed by atoms with Gasteiger partial charge in [-0.15, -0.1) is 0 Å². The van der Waals surface area contributed by atoms with Crippen LogP contribution in [0.4, 0.5) is 21.9 Å². The number of nitrogens with zero attached hydrogens (tertiary/aromatic N) is 2. The molecule has 5 nitrogen and oxygen atoms in total. The molecular weight excluding hydrogens is 338 g/mol. The molecule has 1 amide bonds. The summed E-state index contributed by atoms with van der Waals surface area (Å²) >= 11 is 0. The molecule has 134 valence electrons. The van der Waals surface area contributed by atoms with E-state index in [1.54, 1.807) is 30.3 Å². The molecule has 0 saturated heterocycles. The second-order valence-corrected chi connectivity index (χ2v) is 5.62. The van der Waals surface area contributed by atoms with Gasteiger partial charge in [0.2, 0.25) is 0 Å². The van der Waals surface area contributed by atoms with Gasteiger partial charge in [0, 0.05) is 5.69 Å². The van der Waals surface area contributed by atoms with Crippen molar-refractivity contribution in [3.05, 3.63) is 96.6 Å². The van der Waals surface area contributed by atoms with Gasteiger partial charge < -0.3 is 4.74 Å². The number of nitrogens with one attached hydrogen (secondary N) is 1. The number of hydrogen-bond donors (Lipinski definition) is 1. The van der Waals surface area contributed by atoms with Crippen LogP contribution in [0.2, 0.25) is 0 Å². The Bertz CT molecular complexity index is 905. The SMILES string of the molecule is O=C(Nc1ccc(N=Nc2ccccc2)cc1)OC/C=C/c1ccccc1. The summed E-state index contributed by atoms with van der Waals surface area (Å²) in [5.41, 5.74) is 3.17. The first-order chi connectivity index (χ1) is 13.3. The number of ether oxygens (including phenoxy) is 1. The van der Waals surface area contributed by atoms with Crippen LogP contribution in [0.5, 0.6) is 0 Å². The molecule has 0 saturated carbocycles. The van der Waals surface area contributed by atoms with Crippen LogP contribution in [-0.2, 0) is 4.74 Å². The summed E-state index contributed by atoms with van der Waals surface area (Å²) in [5, 5.41) is 11.0. The number of amides is 1. The Morgan fingerprint density at radius 1 is 0.815 bits per heavy atom. The minimum absolute atomic E-state index is 0.199. The molecule has 5 heteroatoms. The Kier molecular flexibility index (Phi) is 6.48. The van der Waals surface area contributed by atoms with Crippen molar-refractivity contribution >= 4 is 29.2 Å². The van der Waals surface area contributed by atoms with Gasteiger partial charge in [0.1, 0.15) is 6.61 Å². The monoisotopic (exact) mass is 357 g/mol. The second-order valence-electron chi connectivity index (χ2n) is 5.62. The van der Waals surface area contributed by atoms with E-state index in [-0.39, 0.29) is 6.61 Å². The number of carbonyl (C=O) groups is 1. The Morgan fingerprint density at radius 3 is 2.07 bits per heavy atom. The van der Waals surface area contributed by atoms with Crippen LogP contribution in [0.3, 0.4) is 0 Å². The summed E-state index contributed by atoms with van der Waals surface area (Å²) in [5.74, 6) is 0. The van der Waals surface area contributed by atoms with Crippen molar-refractivity contribution in [3.8, 4) is 0 Å². The molecule has 3 aromatic carbocycles. The molecular formula is C22H19N3O2. The third kappa shape index (κ3) is 6.25. The lowest BCUT2D eigenvalue weighted by atomic mass is 10.2. The van der Waals surface area contributed by atoms with E-state index < -0.39 is 6.09 Å². The lowest BCUT2D eigenvalue weighted by Crippen LogP contribution is -2.13. The summed E-state index contributed by atoms with van der Waals surface area (Å²) < 4.78 is 5.12. The first-order valence-corrected chi connectivity index (χ1v) is 8.52. The molecule has 1 N–H and O–H groups in total. The maximum Gasteiger partial charge on any atom is 0.411 e. The summed E-state index contributed by atoms with van der Waals surface area (Å²) in [7, 11) is 0. The first kappa shape index (κ1) is 18.1. The first-order valence-electron chi connectivity index (χ1n) is 8.52. The third-order valence-electron chi connectivity index (χ3n) is 3.57. The van der Waals surface area contributed by atoms with E-state index in [0.29, 0.717) is 11.4 Å². The van der Waals surface area contributed by atoms with Gasteiger partial charge in [-0.3, -0.25) is 5.32 Å². The van der Waals surface area contributed by atoms with Gasteiger partial charge in [-0.25, -0.2) is 4.79 Å². The zero-order valence-electron chi connectivity index (χ0n) is 14.7. The highest BCUT2D eigenvalue weighted by Crippen LogP contribution is 2.20. The van der Waals surface area contributed by atoms with Gasteiger partial charge in [0.15, 0.2) is 0 Å². The van der Waals surface area contributed by atoms with Gasteiger partial charge in [-0.2, -0.15) is 10.2 Å². The molecule has 0 radical (unpaired) electrons. The predicted molar refractivity (Wildman–Crippen MR) is 108 cm³/mol. The van der Waals surface area contributed by atoms with Crippen LogP contribution < -0.4 is 5.32 Å². The Balaban J connectivity index is 1.45. The van der Waals surface area contributed by atoms with Crippen LogP contribution in [-0.4, -0.2) is 12.7 Å². The summed E-state index contributed by atoms with van der Waals surface area (Å²) in [6.45, 7) is 0.199. The highest BCUT2D eigenvalue weighted by Gasteiger charge is 2.02. The Morgan fingerprint density at radius 2 is 1.41 bits per heavy atom. The van der Waals surface area contributed by atoms with Crippen molar-refractivity contribution in [2.24, 2.45) is 10.2 Å². The van der Waals surface area contributed by atoms with Gasteiger partial charge in [0.05, 0.1) is 11.4 Å². The molecule has 3 rings (SSSR count). The Labute approximate surface area is 158 Å². The van der Waals surface area contributed by atoms with Crippen molar-refractivity contribution in [2.75, 3.05) is 11.9 Å². The van der Waals surface area contributed by atoms with Crippen molar-refractivity contribution in [3.63, 3.8) is 0 Å². The summed E-state index contributed by atoms with van der Waals surface area (Å²) in [6, 6.07) is 26.4. The number of rotatable bonds is 6. The minimum Gasteiger partial charge on any atom is -0.445 e. The molecule has 0 unspecified atom stereocenters. The summed E-state index contributed by atoms with van der Waals surface area (Å²) in [6.07, 6.45) is 3.19. The standard InChI is InChI=1S/C22H19N3O2/c26-22(27-17-7-10-18-8-3-1-4-9-18)23-19-13-15-21(16-14-19)25-24-20-11-5-2-6-12-20/h1-16H,17H2,(H,23,26)/b10-7+,25-24?. The molecule has 0 aliphatic heterocycles. The molecule has 0 spiro atoms. The smallest absolute Gasteiger partial charge is 0.411 e. The number of benzene rings is 3. The number of azo groups is 1. The van der Waals surface area contributed by atoms with E-state index in [4.69, 9.17) is 4.74 Å². The average Bonchev–Trinajstić information content (AvgIpc) is 2.72. The van der Waals surface area contributed by atoms with E-state index in [1.165, 1.54) is 0 Å². The number of anilines is 1. The lowest BCUT2D eigenvalue weighted by molar-refractivity contribution is 0.174. The highest BCUT2D eigenvalue weighted by molar-refractivity contribution is 5.84. The van der Waals surface area contributed by atoms with Crippen LogP contribution in [0, 0.1) is 0 Å². The quantitative estimate of drug-likeness (QED) is 0.521. The average molecular weight is 357 g/mol. The molecule has 0 atom stereocenters. The molecule has 0 aromatic heterocycles. The van der Waals surface area contributed by atoms with Crippen LogP contribution >= 0.6 is 0 Å². The molecule has 0 bridgehead atoms. The summed E-state index contributed by atoms with van der Waals surface area (Å²) in [4.78, 5) is 11.8.